The Bertz CT molecular complexity index is 1230. The average molecular weight is 454 g/mol. The Morgan fingerprint density at radius 3 is 2.72 bits per heavy atom. The number of nitrogens with two attached hydrogens (primary N) is 1. The number of thiophene rings is 1. The number of nitrogens with one attached hydrogen (secondary N) is 1. The number of hydrogen-bond acceptors (Lipinski definition) is 7. The second-order valence-electron chi connectivity index (χ2n) is 7.58. The number of aryl methyl sites for hydroxylation is 2. The van der Waals surface area contributed by atoms with Gasteiger partial charge in [0.05, 0.1) is 29.4 Å². The summed E-state index contributed by atoms with van der Waals surface area (Å²) in [7, 11) is 1.56. The van der Waals surface area contributed by atoms with Crippen molar-refractivity contribution < 1.29 is 23.9 Å². The van der Waals surface area contributed by atoms with Crippen molar-refractivity contribution in [3.63, 3.8) is 0 Å². The van der Waals surface area contributed by atoms with Gasteiger partial charge in [-0.25, -0.2) is 4.79 Å². The van der Waals surface area contributed by atoms with Crippen molar-refractivity contribution in [1.29, 1.82) is 0 Å². The van der Waals surface area contributed by atoms with Crippen LogP contribution in [0.3, 0.4) is 0 Å². The third kappa shape index (κ3) is 4.29. The number of fused-ring (bicyclic) bond motifs is 2. The number of hydrogen-bond donors (Lipinski definition) is 2. The van der Waals surface area contributed by atoms with Crippen molar-refractivity contribution in [2.75, 3.05) is 19.0 Å². The van der Waals surface area contributed by atoms with E-state index in [4.69, 9.17) is 15.2 Å². The third-order valence-electron chi connectivity index (χ3n) is 5.44. The van der Waals surface area contributed by atoms with E-state index in [0.717, 1.165) is 47.0 Å². The zero-order valence-electron chi connectivity index (χ0n) is 17.8. The first-order valence-corrected chi connectivity index (χ1v) is 11.1. The summed E-state index contributed by atoms with van der Waals surface area (Å²) >= 11 is 1.36. The van der Waals surface area contributed by atoms with Gasteiger partial charge >= 0.3 is 5.97 Å². The Kier molecular flexibility index (Phi) is 6.09. The van der Waals surface area contributed by atoms with E-state index in [1.807, 2.05) is 0 Å². The van der Waals surface area contributed by atoms with Gasteiger partial charge < -0.3 is 20.5 Å². The van der Waals surface area contributed by atoms with Crippen molar-refractivity contribution in [2.45, 2.75) is 32.6 Å². The fourth-order valence-corrected chi connectivity index (χ4v) is 5.18. The summed E-state index contributed by atoms with van der Waals surface area (Å²) in [6, 6.07) is 7.04. The second-order valence-corrected chi connectivity index (χ2v) is 8.69. The molecule has 1 aliphatic rings. The second kappa shape index (κ2) is 8.96. The number of anilines is 1. The van der Waals surface area contributed by atoms with Crippen molar-refractivity contribution in [1.82, 2.24) is 4.98 Å². The van der Waals surface area contributed by atoms with E-state index in [2.05, 4.69) is 10.3 Å². The predicted molar refractivity (Wildman–Crippen MR) is 121 cm³/mol. The molecule has 0 bridgehead atoms. The Morgan fingerprint density at radius 1 is 1.19 bits per heavy atom. The number of primary amides is 1. The third-order valence-corrected chi connectivity index (χ3v) is 6.64. The van der Waals surface area contributed by atoms with E-state index in [1.165, 1.54) is 11.3 Å². The Balaban J connectivity index is 1.47. The number of methoxy groups -OCH3 is 1. The van der Waals surface area contributed by atoms with Gasteiger partial charge in [0.15, 0.2) is 6.61 Å². The molecule has 2 heterocycles. The van der Waals surface area contributed by atoms with E-state index in [1.54, 1.807) is 38.3 Å². The van der Waals surface area contributed by atoms with Gasteiger partial charge in [-0.05, 0) is 62.4 Å². The highest BCUT2D eigenvalue weighted by Gasteiger charge is 2.25. The van der Waals surface area contributed by atoms with E-state index >= 15 is 0 Å². The molecular weight excluding hydrogens is 430 g/mol. The molecule has 166 valence electrons. The molecule has 0 spiro atoms. The number of carbonyl (C=O) groups is 3. The minimum absolute atomic E-state index is 0.267. The summed E-state index contributed by atoms with van der Waals surface area (Å²) in [5.41, 5.74) is 8.33. The summed E-state index contributed by atoms with van der Waals surface area (Å²) in [6.45, 7) is 1.21. The summed E-state index contributed by atoms with van der Waals surface area (Å²) in [5.74, 6) is -1.11. The first-order chi connectivity index (χ1) is 15.4. The fourth-order valence-electron chi connectivity index (χ4n) is 3.87. The normalized spacial score (nSPS) is 12.8. The maximum absolute atomic E-state index is 12.6. The summed E-state index contributed by atoms with van der Waals surface area (Å²) in [4.78, 5) is 42.5. The summed E-state index contributed by atoms with van der Waals surface area (Å²) in [6.07, 6.45) is 3.67. The molecule has 0 saturated carbocycles. The molecule has 0 unspecified atom stereocenters. The summed E-state index contributed by atoms with van der Waals surface area (Å²) < 4.78 is 10.4. The van der Waals surface area contributed by atoms with Gasteiger partial charge in [-0.15, -0.1) is 11.3 Å². The number of amides is 2. The molecule has 0 aliphatic heterocycles. The van der Waals surface area contributed by atoms with Gasteiger partial charge in [0, 0.05) is 10.3 Å². The smallest absolute Gasteiger partial charge is 0.340 e. The van der Waals surface area contributed by atoms with E-state index in [-0.39, 0.29) is 5.56 Å². The van der Waals surface area contributed by atoms with Crippen LogP contribution in [0.15, 0.2) is 24.3 Å². The Hall–Kier alpha value is -3.46. The molecule has 0 radical (unpaired) electrons. The van der Waals surface area contributed by atoms with Crippen molar-refractivity contribution in [2.24, 2.45) is 5.73 Å². The first kappa shape index (κ1) is 21.8. The Labute approximate surface area is 188 Å². The molecule has 3 N–H and O–H groups in total. The number of pyridine rings is 1. The van der Waals surface area contributed by atoms with Crippen molar-refractivity contribution in [3.05, 3.63) is 51.5 Å². The van der Waals surface area contributed by atoms with Gasteiger partial charge in [0.1, 0.15) is 10.8 Å². The number of nitrogens with zero attached hydrogens (tertiary/aromatic N) is 1. The monoisotopic (exact) mass is 453 g/mol. The molecule has 9 heteroatoms. The van der Waals surface area contributed by atoms with Crippen LogP contribution < -0.4 is 15.8 Å². The van der Waals surface area contributed by atoms with E-state index in [9.17, 15) is 14.4 Å². The van der Waals surface area contributed by atoms with Crippen LogP contribution >= 0.6 is 11.3 Å². The highest BCUT2D eigenvalue weighted by molar-refractivity contribution is 7.17. The first-order valence-electron chi connectivity index (χ1n) is 10.2. The standard InChI is InChI=1S/C23H23N3O5S/c1-12-16(10-13-9-14(30-2)7-8-17(13)25-12)23(29)31-11-19(27)26-22-20(21(24)28)15-5-3-4-6-18(15)32-22/h7-10H,3-6,11H2,1-2H3,(H2,24,28)(H,26,27). The van der Waals surface area contributed by atoms with Gasteiger partial charge in [-0.1, -0.05) is 0 Å². The maximum Gasteiger partial charge on any atom is 0.340 e. The van der Waals surface area contributed by atoms with Crippen molar-refractivity contribution in [3.8, 4) is 5.75 Å². The zero-order valence-corrected chi connectivity index (χ0v) is 18.6. The highest BCUT2D eigenvalue weighted by Crippen LogP contribution is 2.37. The molecule has 0 saturated heterocycles. The molecular formula is C23H23N3O5S. The van der Waals surface area contributed by atoms with Crippen LogP contribution in [0.25, 0.3) is 10.9 Å². The van der Waals surface area contributed by atoms with Crippen LogP contribution in [0.5, 0.6) is 5.75 Å². The predicted octanol–water partition coefficient (Wildman–Crippen LogP) is 3.39. The zero-order chi connectivity index (χ0) is 22.8. The SMILES string of the molecule is COc1ccc2nc(C)c(C(=O)OCC(=O)Nc3sc4c(c3C(N)=O)CCCC4)cc2c1. The van der Waals surface area contributed by atoms with E-state index < -0.39 is 24.4 Å². The van der Waals surface area contributed by atoms with Crippen LogP contribution in [0.1, 0.15) is 49.7 Å². The lowest BCUT2D eigenvalue weighted by Crippen LogP contribution is -2.23. The Morgan fingerprint density at radius 2 is 1.97 bits per heavy atom. The minimum atomic E-state index is -0.657. The lowest BCUT2D eigenvalue weighted by atomic mass is 9.95. The van der Waals surface area contributed by atoms with Gasteiger partial charge in [0.25, 0.3) is 11.8 Å². The molecule has 2 aromatic heterocycles. The number of ether oxygens (including phenoxy) is 2. The van der Waals surface area contributed by atoms with Crippen LogP contribution in [-0.2, 0) is 22.4 Å². The van der Waals surface area contributed by atoms with E-state index in [0.29, 0.717) is 22.0 Å². The summed E-state index contributed by atoms with van der Waals surface area (Å²) in [5, 5.41) is 3.83. The number of esters is 1. The number of benzene rings is 1. The molecule has 3 aromatic rings. The quantitative estimate of drug-likeness (QED) is 0.552. The van der Waals surface area contributed by atoms with Gasteiger partial charge in [0.2, 0.25) is 0 Å². The largest absolute Gasteiger partial charge is 0.497 e. The lowest BCUT2D eigenvalue weighted by Gasteiger charge is -2.11. The maximum atomic E-state index is 12.6. The van der Waals surface area contributed by atoms with Gasteiger partial charge in [-0.3, -0.25) is 14.6 Å². The molecule has 8 nitrogen and oxygen atoms in total. The van der Waals surface area contributed by atoms with Crippen molar-refractivity contribution >= 4 is 45.0 Å². The number of rotatable bonds is 6. The average Bonchev–Trinajstić information content (AvgIpc) is 3.14. The van der Waals surface area contributed by atoms with Crippen LogP contribution in [0.4, 0.5) is 5.00 Å². The molecule has 1 aromatic carbocycles. The lowest BCUT2D eigenvalue weighted by molar-refractivity contribution is -0.119. The van der Waals surface area contributed by atoms with Crippen LogP contribution in [0.2, 0.25) is 0 Å². The fraction of sp³-hybridized carbons (Fsp3) is 0.304. The highest BCUT2D eigenvalue weighted by atomic mass is 32.1. The molecule has 1 aliphatic carbocycles. The van der Waals surface area contributed by atoms with Crippen LogP contribution in [0, 0.1) is 6.92 Å². The number of aromatic nitrogens is 1. The molecule has 0 atom stereocenters. The van der Waals surface area contributed by atoms with Crippen LogP contribution in [-0.4, -0.2) is 36.5 Å². The van der Waals surface area contributed by atoms with Gasteiger partial charge in [-0.2, -0.15) is 0 Å². The molecule has 4 rings (SSSR count). The number of carbonyl (C=O) groups excluding carboxylic acids is 3. The minimum Gasteiger partial charge on any atom is -0.497 e. The molecule has 32 heavy (non-hydrogen) atoms. The topological polar surface area (TPSA) is 121 Å². The molecule has 0 fully saturated rings. The molecule has 2 amide bonds.